The summed E-state index contributed by atoms with van der Waals surface area (Å²) in [6, 6.07) is 8.14. The van der Waals surface area contributed by atoms with Crippen molar-refractivity contribution in [1.82, 2.24) is 4.90 Å². The van der Waals surface area contributed by atoms with Crippen LogP contribution in [0.1, 0.15) is 18.9 Å². The summed E-state index contributed by atoms with van der Waals surface area (Å²) in [5.41, 5.74) is 7.93. The first-order chi connectivity index (χ1) is 8.19. The van der Waals surface area contributed by atoms with Gasteiger partial charge in [0.05, 0.1) is 6.10 Å². The number of rotatable bonds is 3. The smallest absolute Gasteiger partial charge is 0.0724 e. The molecular weight excluding hydrogens is 248 g/mol. The van der Waals surface area contributed by atoms with Crippen LogP contribution in [0.3, 0.4) is 0 Å². The number of hydrogen-bond donors (Lipinski definition) is 1. The van der Waals surface area contributed by atoms with E-state index in [1.54, 1.807) is 0 Å². The van der Waals surface area contributed by atoms with Gasteiger partial charge in [-0.2, -0.15) is 0 Å². The van der Waals surface area contributed by atoms with Gasteiger partial charge in [0.2, 0.25) is 0 Å². The van der Waals surface area contributed by atoms with Crippen molar-refractivity contribution in [2.24, 2.45) is 5.92 Å². The second kappa shape index (κ2) is 6.98. The number of methoxy groups -OCH3 is 1. The molecule has 0 radical (unpaired) electrons. The number of halogens is 1. The van der Waals surface area contributed by atoms with Gasteiger partial charge in [-0.3, -0.25) is 4.90 Å². The lowest BCUT2D eigenvalue weighted by molar-refractivity contribution is -0.00744. The lowest BCUT2D eigenvalue weighted by Gasteiger charge is -2.36. The van der Waals surface area contributed by atoms with Crippen LogP contribution in [0.2, 0.25) is 0 Å². The number of likely N-dealkylation sites (tertiary alicyclic amines) is 1. The second-order valence-electron chi connectivity index (χ2n) is 5.02. The summed E-state index contributed by atoms with van der Waals surface area (Å²) in [7, 11) is 1.81. The van der Waals surface area contributed by atoms with Crippen molar-refractivity contribution in [1.29, 1.82) is 0 Å². The lowest BCUT2D eigenvalue weighted by atomic mass is 9.95. The van der Waals surface area contributed by atoms with Crippen molar-refractivity contribution in [3.8, 4) is 0 Å². The van der Waals surface area contributed by atoms with Gasteiger partial charge < -0.3 is 10.5 Å². The molecule has 1 aliphatic rings. The average molecular weight is 271 g/mol. The van der Waals surface area contributed by atoms with Crippen LogP contribution in [0.5, 0.6) is 0 Å². The number of nitrogen functional groups attached to an aromatic ring is 1. The standard InChI is InChI=1S/C14H22N2O.ClH/c1-11-6-7-16(10-14(11)17-2)9-12-4-3-5-13(15)8-12;/h3-5,8,11,14H,6-7,9-10,15H2,1-2H3;1H. The highest BCUT2D eigenvalue weighted by Gasteiger charge is 2.25. The van der Waals surface area contributed by atoms with Gasteiger partial charge in [-0.15, -0.1) is 12.4 Å². The average Bonchev–Trinajstić information content (AvgIpc) is 2.32. The second-order valence-corrected chi connectivity index (χ2v) is 5.02. The Morgan fingerprint density at radius 2 is 2.22 bits per heavy atom. The molecule has 0 aromatic heterocycles. The van der Waals surface area contributed by atoms with E-state index in [4.69, 9.17) is 10.5 Å². The number of anilines is 1. The topological polar surface area (TPSA) is 38.5 Å². The molecule has 2 rings (SSSR count). The molecule has 1 fully saturated rings. The molecule has 1 aliphatic heterocycles. The minimum atomic E-state index is 0. The van der Waals surface area contributed by atoms with Crippen molar-refractivity contribution >= 4 is 18.1 Å². The van der Waals surface area contributed by atoms with Crippen molar-refractivity contribution in [2.75, 3.05) is 25.9 Å². The quantitative estimate of drug-likeness (QED) is 0.858. The third-order valence-corrected chi connectivity index (χ3v) is 3.63. The Labute approximate surface area is 116 Å². The fraction of sp³-hybridized carbons (Fsp3) is 0.571. The van der Waals surface area contributed by atoms with Crippen LogP contribution in [0.4, 0.5) is 5.69 Å². The molecule has 18 heavy (non-hydrogen) atoms. The Morgan fingerprint density at radius 1 is 1.44 bits per heavy atom. The van der Waals surface area contributed by atoms with E-state index in [1.165, 1.54) is 12.0 Å². The van der Waals surface area contributed by atoms with Gasteiger partial charge in [-0.05, 0) is 36.6 Å². The van der Waals surface area contributed by atoms with Gasteiger partial charge in [-0.1, -0.05) is 19.1 Å². The summed E-state index contributed by atoms with van der Waals surface area (Å²) in [4.78, 5) is 2.45. The molecule has 4 heteroatoms. The van der Waals surface area contributed by atoms with Crippen LogP contribution in [-0.2, 0) is 11.3 Å². The van der Waals surface area contributed by atoms with E-state index in [0.29, 0.717) is 12.0 Å². The molecule has 0 spiro atoms. The number of benzene rings is 1. The van der Waals surface area contributed by atoms with Gasteiger partial charge in [0, 0.05) is 25.9 Å². The normalized spacial score (nSPS) is 24.6. The molecule has 2 unspecified atom stereocenters. The Bertz CT molecular complexity index is 373. The fourth-order valence-corrected chi connectivity index (χ4v) is 2.50. The zero-order valence-corrected chi connectivity index (χ0v) is 12.0. The van der Waals surface area contributed by atoms with Crippen LogP contribution < -0.4 is 5.73 Å². The summed E-state index contributed by atoms with van der Waals surface area (Å²) in [5, 5.41) is 0. The van der Waals surface area contributed by atoms with Crippen molar-refractivity contribution in [3.05, 3.63) is 29.8 Å². The number of piperidine rings is 1. The lowest BCUT2D eigenvalue weighted by Crippen LogP contribution is -2.43. The monoisotopic (exact) mass is 270 g/mol. The molecule has 0 aliphatic carbocycles. The molecule has 3 nitrogen and oxygen atoms in total. The first kappa shape index (κ1) is 15.3. The molecule has 1 heterocycles. The molecule has 1 aromatic carbocycles. The minimum Gasteiger partial charge on any atom is -0.399 e. The molecule has 1 saturated heterocycles. The predicted octanol–water partition coefficient (Wildman–Crippen LogP) is 2.55. The number of nitrogens with two attached hydrogens (primary N) is 1. The van der Waals surface area contributed by atoms with Gasteiger partial charge >= 0.3 is 0 Å². The highest BCUT2D eigenvalue weighted by Crippen LogP contribution is 2.21. The molecule has 102 valence electrons. The Hall–Kier alpha value is -0.770. The molecule has 2 atom stereocenters. The van der Waals surface area contributed by atoms with Gasteiger partial charge in [0.1, 0.15) is 0 Å². The maximum atomic E-state index is 5.80. The third-order valence-electron chi connectivity index (χ3n) is 3.63. The summed E-state index contributed by atoms with van der Waals surface area (Å²) in [5.74, 6) is 0.664. The molecular formula is C14H23ClN2O. The van der Waals surface area contributed by atoms with E-state index >= 15 is 0 Å². The highest BCUT2D eigenvalue weighted by molar-refractivity contribution is 5.85. The van der Waals surface area contributed by atoms with E-state index in [1.807, 2.05) is 19.2 Å². The minimum absolute atomic E-state index is 0. The molecule has 0 bridgehead atoms. The van der Waals surface area contributed by atoms with Crippen LogP contribution >= 0.6 is 12.4 Å². The number of nitrogens with zero attached hydrogens (tertiary/aromatic N) is 1. The number of ether oxygens (including phenoxy) is 1. The molecule has 0 amide bonds. The summed E-state index contributed by atoms with van der Waals surface area (Å²) < 4.78 is 5.53. The Kier molecular flexibility index (Phi) is 5.93. The zero-order chi connectivity index (χ0) is 12.3. The van der Waals surface area contributed by atoms with Crippen molar-refractivity contribution < 1.29 is 4.74 Å². The third kappa shape index (κ3) is 3.87. The SMILES string of the molecule is COC1CN(Cc2cccc(N)c2)CCC1C.Cl. The first-order valence-electron chi connectivity index (χ1n) is 6.28. The van der Waals surface area contributed by atoms with Crippen LogP contribution in [0.15, 0.2) is 24.3 Å². The van der Waals surface area contributed by atoms with Gasteiger partial charge in [0.25, 0.3) is 0 Å². The van der Waals surface area contributed by atoms with E-state index in [0.717, 1.165) is 25.3 Å². The number of hydrogen-bond acceptors (Lipinski definition) is 3. The fourth-order valence-electron chi connectivity index (χ4n) is 2.50. The Balaban J connectivity index is 0.00000162. The molecule has 2 N–H and O–H groups in total. The maximum Gasteiger partial charge on any atom is 0.0724 e. The van der Waals surface area contributed by atoms with Crippen LogP contribution in [0, 0.1) is 5.92 Å². The van der Waals surface area contributed by atoms with E-state index < -0.39 is 0 Å². The van der Waals surface area contributed by atoms with E-state index in [-0.39, 0.29) is 12.4 Å². The Morgan fingerprint density at radius 3 is 2.89 bits per heavy atom. The predicted molar refractivity (Wildman–Crippen MR) is 78.0 cm³/mol. The maximum absolute atomic E-state index is 5.80. The summed E-state index contributed by atoms with van der Waals surface area (Å²) >= 11 is 0. The molecule has 0 saturated carbocycles. The van der Waals surface area contributed by atoms with E-state index in [2.05, 4.69) is 24.0 Å². The summed E-state index contributed by atoms with van der Waals surface area (Å²) in [6.07, 6.45) is 1.57. The zero-order valence-electron chi connectivity index (χ0n) is 11.1. The largest absolute Gasteiger partial charge is 0.399 e. The van der Waals surface area contributed by atoms with Crippen LogP contribution in [-0.4, -0.2) is 31.2 Å². The van der Waals surface area contributed by atoms with Crippen molar-refractivity contribution in [2.45, 2.75) is 26.0 Å². The van der Waals surface area contributed by atoms with Gasteiger partial charge in [0.15, 0.2) is 0 Å². The van der Waals surface area contributed by atoms with Crippen molar-refractivity contribution in [3.63, 3.8) is 0 Å². The van der Waals surface area contributed by atoms with E-state index in [9.17, 15) is 0 Å². The highest BCUT2D eigenvalue weighted by atomic mass is 35.5. The van der Waals surface area contributed by atoms with Crippen LogP contribution in [0.25, 0.3) is 0 Å². The van der Waals surface area contributed by atoms with Gasteiger partial charge in [-0.25, -0.2) is 0 Å². The first-order valence-corrected chi connectivity index (χ1v) is 6.28. The summed E-state index contributed by atoms with van der Waals surface area (Å²) in [6.45, 7) is 5.41. The molecule has 1 aromatic rings.